The SMILES string of the molecule is CC(=O)OCc1c(Cl)nn(C)c(=O)c1C(C(=O)O)C(=O)O. The molecule has 0 radical (unpaired) electrons. The smallest absolute Gasteiger partial charge is 0.322 e. The van der Waals surface area contributed by atoms with E-state index in [1.807, 2.05) is 0 Å². The van der Waals surface area contributed by atoms with Crippen molar-refractivity contribution in [3.63, 3.8) is 0 Å². The fourth-order valence-corrected chi connectivity index (χ4v) is 1.88. The molecular formula is C11H11ClN2O7. The van der Waals surface area contributed by atoms with Crippen molar-refractivity contribution in [3.8, 4) is 0 Å². The highest BCUT2D eigenvalue weighted by atomic mass is 35.5. The average molecular weight is 319 g/mol. The number of halogens is 1. The summed E-state index contributed by atoms with van der Waals surface area (Å²) in [4.78, 5) is 45.1. The van der Waals surface area contributed by atoms with Gasteiger partial charge in [0.05, 0.1) is 5.56 Å². The zero-order valence-corrected chi connectivity index (χ0v) is 11.7. The average Bonchev–Trinajstić information content (AvgIpc) is 2.33. The van der Waals surface area contributed by atoms with Crippen molar-refractivity contribution in [1.82, 2.24) is 9.78 Å². The van der Waals surface area contributed by atoms with Crippen molar-refractivity contribution < 1.29 is 29.3 Å². The van der Waals surface area contributed by atoms with Gasteiger partial charge < -0.3 is 14.9 Å². The lowest BCUT2D eigenvalue weighted by Crippen LogP contribution is -2.34. The number of carbonyl (C=O) groups excluding carboxylic acids is 1. The molecule has 1 heterocycles. The number of carbonyl (C=O) groups is 3. The van der Waals surface area contributed by atoms with E-state index >= 15 is 0 Å². The molecule has 10 heteroatoms. The van der Waals surface area contributed by atoms with Crippen molar-refractivity contribution in [1.29, 1.82) is 0 Å². The molecule has 0 aliphatic rings. The monoisotopic (exact) mass is 318 g/mol. The summed E-state index contributed by atoms with van der Waals surface area (Å²) in [5.74, 6) is -6.34. The number of carboxylic acid groups (broad SMARTS) is 2. The number of ether oxygens (including phenoxy) is 1. The van der Waals surface area contributed by atoms with Crippen LogP contribution in [0.4, 0.5) is 0 Å². The highest BCUT2D eigenvalue weighted by Gasteiger charge is 2.35. The van der Waals surface area contributed by atoms with Crippen LogP contribution in [0.1, 0.15) is 24.0 Å². The first-order valence-corrected chi connectivity index (χ1v) is 5.89. The Morgan fingerprint density at radius 3 is 2.29 bits per heavy atom. The molecule has 0 atom stereocenters. The largest absolute Gasteiger partial charge is 0.480 e. The molecule has 0 aliphatic carbocycles. The number of esters is 1. The minimum atomic E-state index is -2.14. The predicted molar refractivity (Wildman–Crippen MR) is 68.0 cm³/mol. The van der Waals surface area contributed by atoms with Gasteiger partial charge in [0.25, 0.3) is 5.56 Å². The maximum atomic E-state index is 12.0. The Bertz CT molecular complexity index is 653. The second-order valence-electron chi connectivity index (χ2n) is 4.00. The molecular weight excluding hydrogens is 308 g/mol. The van der Waals surface area contributed by atoms with Gasteiger partial charge in [-0.3, -0.25) is 19.2 Å². The molecule has 0 bridgehead atoms. The predicted octanol–water partition coefficient (Wildman–Crippen LogP) is -0.250. The van der Waals surface area contributed by atoms with Gasteiger partial charge in [0.15, 0.2) is 11.1 Å². The van der Waals surface area contributed by atoms with Crippen molar-refractivity contribution >= 4 is 29.5 Å². The van der Waals surface area contributed by atoms with Crippen molar-refractivity contribution in [3.05, 3.63) is 26.6 Å². The van der Waals surface area contributed by atoms with E-state index in [9.17, 15) is 19.2 Å². The first-order valence-electron chi connectivity index (χ1n) is 5.51. The number of aromatic nitrogens is 2. The summed E-state index contributed by atoms with van der Waals surface area (Å²) in [6, 6.07) is 0. The zero-order valence-electron chi connectivity index (χ0n) is 11.0. The van der Waals surface area contributed by atoms with E-state index in [1.165, 1.54) is 7.05 Å². The molecule has 9 nitrogen and oxygen atoms in total. The molecule has 0 saturated heterocycles. The fourth-order valence-electron chi connectivity index (χ4n) is 1.61. The van der Waals surface area contributed by atoms with Gasteiger partial charge in [-0.15, -0.1) is 0 Å². The van der Waals surface area contributed by atoms with Crippen LogP contribution in [0.3, 0.4) is 0 Å². The molecule has 21 heavy (non-hydrogen) atoms. The zero-order chi connectivity index (χ0) is 16.3. The number of hydrogen-bond donors (Lipinski definition) is 2. The van der Waals surface area contributed by atoms with E-state index < -0.39 is 41.6 Å². The standard InChI is InChI=1S/C11H11ClN2O7/c1-4(15)21-3-5-6(7(10(17)18)11(19)20)9(16)14(2)13-8(5)12/h7H,3H2,1-2H3,(H,17,18)(H,19,20). The number of aryl methyl sites for hydroxylation is 1. The van der Waals surface area contributed by atoms with Crippen LogP contribution in [0.2, 0.25) is 5.15 Å². The number of carboxylic acids is 2. The number of hydrogen-bond acceptors (Lipinski definition) is 6. The summed E-state index contributed by atoms with van der Waals surface area (Å²) in [6.07, 6.45) is 0. The Labute approximate surface area is 122 Å². The summed E-state index contributed by atoms with van der Waals surface area (Å²) in [7, 11) is 1.19. The molecule has 0 fully saturated rings. The summed E-state index contributed by atoms with van der Waals surface area (Å²) >= 11 is 5.80. The van der Waals surface area contributed by atoms with E-state index in [0.29, 0.717) is 4.68 Å². The summed E-state index contributed by atoms with van der Waals surface area (Å²) < 4.78 is 5.37. The van der Waals surface area contributed by atoms with Crippen LogP contribution < -0.4 is 5.56 Å². The van der Waals surface area contributed by atoms with Gasteiger partial charge in [-0.05, 0) is 0 Å². The fraction of sp³-hybridized carbons (Fsp3) is 0.364. The van der Waals surface area contributed by atoms with Gasteiger partial charge in [-0.1, -0.05) is 11.6 Å². The lowest BCUT2D eigenvalue weighted by atomic mass is 9.97. The molecule has 0 aromatic carbocycles. The Morgan fingerprint density at radius 1 is 1.33 bits per heavy atom. The number of aliphatic carboxylic acids is 2. The van der Waals surface area contributed by atoms with Crippen LogP contribution in [0.25, 0.3) is 0 Å². The van der Waals surface area contributed by atoms with E-state index in [4.69, 9.17) is 21.8 Å². The van der Waals surface area contributed by atoms with Gasteiger partial charge in [-0.2, -0.15) is 5.10 Å². The van der Waals surface area contributed by atoms with Crippen LogP contribution >= 0.6 is 11.6 Å². The van der Waals surface area contributed by atoms with Gasteiger partial charge in [0, 0.05) is 19.5 Å². The molecule has 1 rings (SSSR count). The first kappa shape index (κ1) is 16.6. The molecule has 0 unspecified atom stereocenters. The maximum Gasteiger partial charge on any atom is 0.322 e. The molecule has 1 aromatic heterocycles. The Morgan fingerprint density at radius 2 is 1.86 bits per heavy atom. The first-order chi connectivity index (χ1) is 9.66. The lowest BCUT2D eigenvalue weighted by molar-refractivity contribution is -0.150. The van der Waals surface area contributed by atoms with Gasteiger partial charge >= 0.3 is 17.9 Å². The van der Waals surface area contributed by atoms with Crippen molar-refractivity contribution in [2.45, 2.75) is 19.4 Å². The summed E-state index contributed by atoms with van der Waals surface area (Å²) in [5.41, 5.74) is -1.79. The van der Waals surface area contributed by atoms with Crippen LogP contribution in [0, 0.1) is 0 Å². The molecule has 0 saturated carbocycles. The summed E-state index contributed by atoms with van der Waals surface area (Å²) in [5, 5.41) is 21.3. The minimum Gasteiger partial charge on any atom is -0.480 e. The van der Waals surface area contributed by atoms with E-state index in [0.717, 1.165) is 6.92 Å². The van der Waals surface area contributed by atoms with Gasteiger partial charge in [0.1, 0.15) is 6.61 Å². The molecule has 1 aromatic rings. The minimum absolute atomic E-state index is 0.246. The molecule has 0 spiro atoms. The quantitative estimate of drug-likeness (QED) is 0.560. The van der Waals surface area contributed by atoms with Crippen LogP contribution in [0.5, 0.6) is 0 Å². The van der Waals surface area contributed by atoms with Gasteiger partial charge in [-0.25, -0.2) is 4.68 Å². The van der Waals surface area contributed by atoms with Crippen LogP contribution in [-0.4, -0.2) is 37.9 Å². The number of nitrogens with zero attached hydrogens (tertiary/aromatic N) is 2. The highest BCUT2D eigenvalue weighted by Crippen LogP contribution is 2.23. The van der Waals surface area contributed by atoms with Crippen molar-refractivity contribution in [2.24, 2.45) is 7.05 Å². The Kier molecular flexibility index (Phi) is 5.03. The maximum absolute atomic E-state index is 12.0. The van der Waals surface area contributed by atoms with Crippen molar-refractivity contribution in [2.75, 3.05) is 0 Å². The molecule has 0 aliphatic heterocycles. The van der Waals surface area contributed by atoms with E-state index in [1.54, 1.807) is 0 Å². The second kappa shape index (κ2) is 6.35. The van der Waals surface area contributed by atoms with E-state index in [-0.39, 0.29) is 10.7 Å². The Balaban J connectivity index is 3.59. The normalized spacial score (nSPS) is 10.5. The highest BCUT2D eigenvalue weighted by molar-refractivity contribution is 6.30. The third kappa shape index (κ3) is 3.57. The summed E-state index contributed by atoms with van der Waals surface area (Å²) in [6.45, 7) is 0.539. The molecule has 114 valence electrons. The topological polar surface area (TPSA) is 136 Å². The third-order valence-electron chi connectivity index (χ3n) is 2.54. The van der Waals surface area contributed by atoms with Crippen LogP contribution in [-0.2, 0) is 32.8 Å². The lowest BCUT2D eigenvalue weighted by Gasteiger charge is -2.14. The Hall–Kier alpha value is -2.42. The van der Waals surface area contributed by atoms with E-state index in [2.05, 4.69) is 9.84 Å². The number of rotatable bonds is 5. The molecule has 0 amide bonds. The van der Waals surface area contributed by atoms with Gasteiger partial charge in [0.2, 0.25) is 0 Å². The second-order valence-corrected chi connectivity index (χ2v) is 4.36. The van der Waals surface area contributed by atoms with Crippen LogP contribution in [0.15, 0.2) is 4.79 Å². The third-order valence-corrected chi connectivity index (χ3v) is 2.84. The molecule has 2 N–H and O–H groups in total.